The van der Waals surface area contributed by atoms with E-state index in [-0.39, 0.29) is 19.6 Å². The van der Waals surface area contributed by atoms with Gasteiger partial charge in [0.2, 0.25) is 0 Å². The average Bonchev–Trinajstić information content (AvgIpc) is 2.46. The molecule has 1 aliphatic rings. The van der Waals surface area contributed by atoms with E-state index >= 15 is 0 Å². The van der Waals surface area contributed by atoms with Crippen molar-refractivity contribution in [3.8, 4) is 11.8 Å². The molecule has 0 aromatic heterocycles. The summed E-state index contributed by atoms with van der Waals surface area (Å²) in [5, 5.41) is 19.4. The van der Waals surface area contributed by atoms with Gasteiger partial charge in [0.05, 0.1) is 12.7 Å². The Morgan fingerprint density at radius 2 is 2.37 bits per heavy atom. The first-order chi connectivity index (χ1) is 9.13. The van der Waals surface area contributed by atoms with Crippen LogP contribution < -0.4 is 4.74 Å². The fraction of sp³-hybridized carbons (Fsp3) is 0.429. The van der Waals surface area contributed by atoms with Crippen LogP contribution in [0.15, 0.2) is 24.3 Å². The van der Waals surface area contributed by atoms with Gasteiger partial charge in [-0.15, -0.1) is 0 Å². The second-order valence-electron chi connectivity index (χ2n) is 4.50. The zero-order chi connectivity index (χ0) is 13.9. The average molecular weight is 261 g/mol. The fourth-order valence-corrected chi connectivity index (χ4v) is 2.14. The molecule has 0 aliphatic carbocycles. The largest absolute Gasteiger partial charge is 0.492 e. The molecule has 5 nitrogen and oxygen atoms in total. The molecule has 2 atom stereocenters. The van der Waals surface area contributed by atoms with Crippen LogP contribution >= 0.6 is 0 Å². The van der Waals surface area contributed by atoms with Crippen LogP contribution in [0.3, 0.4) is 0 Å². The zero-order valence-electron chi connectivity index (χ0n) is 10.6. The lowest BCUT2D eigenvalue weighted by Crippen LogP contribution is -2.48. The molecule has 1 N–H and O–H groups in total. The first-order valence-electron chi connectivity index (χ1n) is 6.09. The van der Waals surface area contributed by atoms with E-state index in [2.05, 4.69) is 0 Å². The van der Waals surface area contributed by atoms with Crippen molar-refractivity contribution < 1.29 is 19.4 Å². The number of benzene rings is 1. The lowest BCUT2D eigenvalue weighted by Gasteiger charge is -2.34. The van der Waals surface area contributed by atoms with Gasteiger partial charge in [-0.25, -0.2) is 4.79 Å². The van der Waals surface area contributed by atoms with Crippen LogP contribution in [-0.2, 0) is 16.0 Å². The van der Waals surface area contributed by atoms with Gasteiger partial charge in [0, 0.05) is 6.42 Å². The summed E-state index contributed by atoms with van der Waals surface area (Å²) in [5.74, 6) is -0.100. The molecule has 0 bridgehead atoms. The Labute approximate surface area is 111 Å². The van der Waals surface area contributed by atoms with Crippen molar-refractivity contribution in [2.24, 2.45) is 5.41 Å². The molecular weight excluding hydrogens is 246 g/mol. The Kier molecular flexibility index (Phi) is 3.72. The normalized spacial score (nSPS) is 22.6. The minimum atomic E-state index is -1.51. The van der Waals surface area contributed by atoms with E-state index in [1.54, 1.807) is 13.0 Å². The summed E-state index contributed by atoms with van der Waals surface area (Å²) in [6.07, 6.45) is -1.24. The van der Waals surface area contributed by atoms with E-state index in [9.17, 15) is 15.2 Å². The number of carbonyl (C=O) groups excluding carboxylic acids is 1. The maximum absolute atomic E-state index is 11.6. The number of carbonyl (C=O) groups is 1. The lowest BCUT2D eigenvalue weighted by atomic mass is 9.77. The molecule has 2 unspecified atom stereocenters. The summed E-state index contributed by atoms with van der Waals surface area (Å²) in [6.45, 7) is 1.78. The number of ether oxygens (including phenoxy) is 2. The van der Waals surface area contributed by atoms with Gasteiger partial charge in [-0.3, -0.25) is 0 Å². The van der Waals surface area contributed by atoms with Crippen LogP contribution in [-0.4, -0.2) is 30.4 Å². The number of nitrogens with zero attached hydrogens (tertiary/aromatic N) is 1. The SMILES string of the molecule is CCOC(=O)C(O)C1(C#N)COc2ccccc2C1. The number of para-hydroxylation sites is 1. The molecule has 0 amide bonds. The van der Waals surface area contributed by atoms with Crippen LogP contribution in [0.5, 0.6) is 5.75 Å². The Bertz CT molecular complexity index is 522. The van der Waals surface area contributed by atoms with Crippen LogP contribution in [0, 0.1) is 16.7 Å². The second-order valence-corrected chi connectivity index (χ2v) is 4.50. The fourth-order valence-electron chi connectivity index (χ4n) is 2.14. The van der Waals surface area contributed by atoms with E-state index in [0.717, 1.165) is 5.56 Å². The molecule has 1 aliphatic heterocycles. The first kappa shape index (κ1) is 13.4. The van der Waals surface area contributed by atoms with E-state index in [1.165, 1.54) is 0 Å². The van der Waals surface area contributed by atoms with Gasteiger partial charge in [0.15, 0.2) is 6.10 Å². The van der Waals surface area contributed by atoms with Crippen molar-refractivity contribution >= 4 is 5.97 Å². The Morgan fingerprint density at radius 1 is 1.63 bits per heavy atom. The molecule has 1 aromatic rings. The standard InChI is InChI=1S/C14H15NO4/c1-2-18-13(17)12(16)14(8-15)7-10-5-3-4-6-11(10)19-9-14/h3-6,12,16H,2,7,9H2,1H3. The topological polar surface area (TPSA) is 79.5 Å². The molecule has 19 heavy (non-hydrogen) atoms. The molecule has 5 heteroatoms. The number of esters is 1. The van der Waals surface area contributed by atoms with Gasteiger partial charge in [-0.2, -0.15) is 5.26 Å². The number of hydrogen-bond donors (Lipinski definition) is 1. The quantitative estimate of drug-likeness (QED) is 0.823. The Balaban J connectivity index is 2.27. The molecule has 0 saturated heterocycles. The summed E-state index contributed by atoms with van der Waals surface area (Å²) >= 11 is 0. The van der Waals surface area contributed by atoms with Crippen molar-refractivity contribution in [3.63, 3.8) is 0 Å². The van der Waals surface area contributed by atoms with E-state index in [4.69, 9.17) is 9.47 Å². The van der Waals surface area contributed by atoms with Crippen molar-refractivity contribution in [1.29, 1.82) is 5.26 Å². The summed E-state index contributed by atoms with van der Waals surface area (Å²) in [6, 6.07) is 9.30. The van der Waals surface area contributed by atoms with Gasteiger partial charge in [0.25, 0.3) is 0 Å². The van der Waals surface area contributed by atoms with Gasteiger partial charge in [-0.1, -0.05) is 18.2 Å². The van der Waals surface area contributed by atoms with Gasteiger partial charge >= 0.3 is 5.97 Å². The number of nitriles is 1. The highest BCUT2D eigenvalue weighted by Crippen LogP contribution is 2.36. The summed E-state index contributed by atoms with van der Waals surface area (Å²) < 4.78 is 10.3. The van der Waals surface area contributed by atoms with E-state index in [0.29, 0.717) is 5.75 Å². The number of aliphatic hydroxyl groups excluding tert-OH is 1. The van der Waals surface area contributed by atoms with Crippen molar-refractivity contribution in [2.45, 2.75) is 19.4 Å². The Hall–Kier alpha value is -2.06. The van der Waals surface area contributed by atoms with Crippen LogP contribution in [0.25, 0.3) is 0 Å². The van der Waals surface area contributed by atoms with E-state index in [1.807, 2.05) is 24.3 Å². The van der Waals surface area contributed by atoms with Crippen LogP contribution in [0.2, 0.25) is 0 Å². The molecule has 0 radical (unpaired) electrons. The van der Waals surface area contributed by atoms with Gasteiger partial charge < -0.3 is 14.6 Å². The van der Waals surface area contributed by atoms with E-state index < -0.39 is 17.5 Å². The minimum Gasteiger partial charge on any atom is -0.492 e. The zero-order valence-corrected chi connectivity index (χ0v) is 10.6. The number of hydrogen-bond acceptors (Lipinski definition) is 5. The molecular formula is C14H15NO4. The van der Waals surface area contributed by atoms with Crippen LogP contribution in [0.1, 0.15) is 12.5 Å². The highest BCUT2D eigenvalue weighted by Gasteiger charge is 2.47. The van der Waals surface area contributed by atoms with Crippen molar-refractivity contribution in [1.82, 2.24) is 0 Å². The minimum absolute atomic E-state index is 0.0273. The molecule has 0 spiro atoms. The van der Waals surface area contributed by atoms with Crippen molar-refractivity contribution in [2.75, 3.05) is 13.2 Å². The highest BCUT2D eigenvalue weighted by molar-refractivity contribution is 5.76. The number of rotatable bonds is 3. The monoisotopic (exact) mass is 261 g/mol. The predicted octanol–water partition coefficient (Wildman–Crippen LogP) is 1.06. The number of aliphatic hydroxyl groups is 1. The summed E-state index contributed by atoms with van der Waals surface area (Å²) in [4.78, 5) is 11.6. The summed E-state index contributed by atoms with van der Waals surface area (Å²) in [5.41, 5.74) is -0.487. The molecule has 0 fully saturated rings. The third kappa shape index (κ3) is 2.40. The summed E-state index contributed by atoms with van der Waals surface area (Å²) in [7, 11) is 0. The lowest BCUT2D eigenvalue weighted by molar-refractivity contribution is -0.160. The first-order valence-corrected chi connectivity index (χ1v) is 6.09. The molecule has 1 aromatic carbocycles. The highest BCUT2D eigenvalue weighted by atomic mass is 16.5. The molecule has 100 valence electrons. The second kappa shape index (κ2) is 5.29. The third-order valence-corrected chi connectivity index (χ3v) is 3.22. The smallest absolute Gasteiger partial charge is 0.336 e. The van der Waals surface area contributed by atoms with Gasteiger partial charge in [0.1, 0.15) is 17.8 Å². The molecule has 1 heterocycles. The maximum Gasteiger partial charge on any atom is 0.336 e. The predicted molar refractivity (Wildman–Crippen MR) is 66.3 cm³/mol. The third-order valence-electron chi connectivity index (χ3n) is 3.22. The Morgan fingerprint density at radius 3 is 3.05 bits per heavy atom. The number of fused-ring (bicyclic) bond motifs is 1. The molecule has 2 rings (SSSR count). The maximum atomic E-state index is 11.6. The molecule has 0 saturated carbocycles. The van der Waals surface area contributed by atoms with Gasteiger partial charge in [-0.05, 0) is 18.6 Å². The van der Waals surface area contributed by atoms with Crippen molar-refractivity contribution in [3.05, 3.63) is 29.8 Å². The van der Waals surface area contributed by atoms with Crippen LogP contribution in [0.4, 0.5) is 0 Å².